The third kappa shape index (κ3) is 4.39. The Bertz CT molecular complexity index is 892. The van der Waals surface area contributed by atoms with Crippen LogP contribution in [0.1, 0.15) is 28.4 Å². The van der Waals surface area contributed by atoms with Crippen LogP contribution < -0.4 is 15.8 Å². The predicted octanol–water partition coefficient (Wildman–Crippen LogP) is 3.95. The van der Waals surface area contributed by atoms with Crippen LogP contribution in [0.15, 0.2) is 66.9 Å². The zero-order valence-electron chi connectivity index (χ0n) is 14.6. The molecule has 0 bridgehead atoms. The number of nitrogens with two attached hydrogens (primary N) is 1. The summed E-state index contributed by atoms with van der Waals surface area (Å²) in [5.74, 6) is 1.55. The van der Waals surface area contributed by atoms with Crippen molar-refractivity contribution in [3.63, 3.8) is 0 Å². The molecular formula is C21H21N3O2. The lowest BCUT2D eigenvalue weighted by atomic mass is 10.1. The van der Waals surface area contributed by atoms with Crippen molar-refractivity contribution in [1.82, 2.24) is 10.3 Å². The molecule has 0 atom stereocenters. The van der Waals surface area contributed by atoms with E-state index in [0.29, 0.717) is 12.1 Å². The average Bonchev–Trinajstić information content (AvgIpc) is 2.68. The summed E-state index contributed by atoms with van der Waals surface area (Å²) in [5, 5.41) is 2.84. The molecule has 5 heteroatoms. The number of carbonyl (C=O) groups excluding carboxylic acids is 1. The predicted molar refractivity (Wildman–Crippen MR) is 102 cm³/mol. The number of aryl methyl sites for hydroxylation is 1. The molecule has 0 saturated heterocycles. The maximum absolute atomic E-state index is 12.2. The lowest BCUT2D eigenvalue weighted by Crippen LogP contribution is -2.24. The molecule has 3 rings (SSSR count). The number of nitrogens with zero attached hydrogens (tertiary/aromatic N) is 1. The number of nitrogens with one attached hydrogen (secondary N) is 1. The van der Waals surface area contributed by atoms with Crippen LogP contribution in [0.25, 0.3) is 0 Å². The first kappa shape index (κ1) is 17.5. The Morgan fingerprint density at radius 3 is 2.58 bits per heavy atom. The molecule has 0 spiro atoms. The van der Waals surface area contributed by atoms with Crippen molar-refractivity contribution in [3.8, 4) is 11.5 Å². The highest BCUT2D eigenvalue weighted by Crippen LogP contribution is 2.23. The van der Waals surface area contributed by atoms with Gasteiger partial charge in [-0.1, -0.05) is 31.2 Å². The van der Waals surface area contributed by atoms with Gasteiger partial charge in [-0.2, -0.15) is 0 Å². The molecule has 0 aliphatic heterocycles. The van der Waals surface area contributed by atoms with Crippen LogP contribution in [-0.2, 0) is 13.0 Å². The average molecular weight is 347 g/mol. The minimum atomic E-state index is -0.243. The number of benzene rings is 2. The zero-order valence-corrected chi connectivity index (χ0v) is 14.6. The quantitative estimate of drug-likeness (QED) is 0.708. The van der Waals surface area contributed by atoms with Crippen LogP contribution in [0.5, 0.6) is 11.5 Å². The van der Waals surface area contributed by atoms with Gasteiger partial charge in [-0.15, -0.1) is 0 Å². The monoisotopic (exact) mass is 347 g/mol. The molecule has 5 nitrogen and oxygen atoms in total. The molecule has 1 amide bonds. The Labute approximate surface area is 152 Å². The van der Waals surface area contributed by atoms with Gasteiger partial charge in [-0.25, -0.2) is 4.98 Å². The summed E-state index contributed by atoms with van der Waals surface area (Å²) in [5.41, 5.74) is 8.29. The van der Waals surface area contributed by atoms with Gasteiger partial charge in [0.2, 0.25) is 0 Å². The molecule has 1 heterocycles. The molecular weight excluding hydrogens is 326 g/mol. The molecule has 26 heavy (non-hydrogen) atoms. The van der Waals surface area contributed by atoms with Crippen LogP contribution in [0.4, 0.5) is 5.82 Å². The summed E-state index contributed by atoms with van der Waals surface area (Å²) in [7, 11) is 0. The van der Waals surface area contributed by atoms with Gasteiger partial charge >= 0.3 is 0 Å². The number of ether oxygens (including phenoxy) is 1. The number of hydrogen-bond donors (Lipinski definition) is 2. The third-order valence-electron chi connectivity index (χ3n) is 4.00. The minimum Gasteiger partial charge on any atom is -0.457 e. The number of nitrogen functional groups attached to an aromatic ring is 1. The van der Waals surface area contributed by atoms with Crippen LogP contribution >= 0.6 is 0 Å². The van der Waals surface area contributed by atoms with E-state index >= 15 is 0 Å². The zero-order chi connectivity index (χ0) is 18.4. The molecule has 0 aliphatic rings. The molecule has 1 aromatic heterocycles. The Morgan fingerprint density at radius 2 is 1.85 bits per heavy atom. The molecule has 3 N–H and O–H groups in total. The van der Waals surface area contributed by atoms with Crippen LogP contribution in [-0.4, -0.2) is 10.9 Å². The first-order valence-corrected chi connectivity index (χ1v) is 8.50. The fourth-order valence-electron chi connectivity index (χ4n) is 2.53. The Balaban J connectivity index is 1.59. The summed E-state index contributed by atoms with van der Waals surface area (Å²) < 4.78 is 5.87. The van der Waals surface area contributed by atoms with E-state index in [2.05, 4.69) is 23.3 Å². The number of pyridine rings is 1. The van der Waals surface area contributed by atoms with Crippen molar-refractivity contribution in [3.05, 3.63) is 83.6 Å². The van der Waals surface area contributed by atoms with E-state index in [1.165, 1.54) is 5.56 Å². The van der Waals surface area contributed by atoms with Crippen molar-refractivity contribution in [2.45, 2.75) is 19.9 Å². The van der Waals surface area contributed by atoms with Gasteiger partial charge in [-0.05, 0) is 53.9 Å². The fourth-order valence-corrected chi connectivity index (χ4v) is 2.53. The highest BCUT2D eigenvalue weighted by molar-refractivity contribution is 5.98. The second-order valence-electron chi connectivity index (χ2n) is 5.87. The van der Waals surface area contributed by atoms with E-state index in [0.717, 1.165) is 23.5 Å². The number of anilines is 1. The molecule has 0 fully saturated rings. The fraction of sp³-hybridized carbons (Fsp3) is 0.143. The molecule has 0 unspecified atom stereocenters. The minimum absolute atomic E-state index is 0.225. The first-order valence-electron chi connectivity index (χ1n) is 8.50. The Kier molecular flexibility index (Phi) is 5.49. The number of aromatic nitrogens is 1. The smallest absolute Gasteiger partial charge is 0.255 e. The van der Waals surface area contributed by atoms with Crippen molar-refractivity contribution in [1.29, 1.82) is 0 Å². The summed E-state index contributed by atoms with van der Waals surface area (Å²) in [6.07, 6.45) is 2.53. The molecule has 0 aliphatic carbocycles. The SMILES string of the molecule is CCc1cccc(Oc2ccc(CNC(=O)c3cccnc3N)cc2)c1. The topological polar surface area (TPSA) is 77.2 Å². The van der Waals surface area contributed by atoms with Crippen molar-refractivity contribution < 1.29 is 9.53 Å². The maximum atomic E-state index is 12.2. The van der Waals surface area contributed by atoms with Gasteiger partial charge in [0.05, 0.1) is 5.56 Å². The summed E-state index contributed by atoms with van der Waals surface area (Å²) in [6, 6.07) is 19.0. The van der Waals surface area contributed by atoms with E-state index in [-0.39, 0.29) is 11.7 Å². The second kappa shape index (κ2) is 8.16. The highest BCUT2D eigenvalue weighted by atomic mass is 16.5. The summed E-state index contributed by atoms with van der Waals surface area (Å²) >= 11 is 0. The van der Waals surface area contributed by atoms with E-state index in [1.54, 1.807) is 18.3 Å². The van der Waals surface area contributed by atoms with Gasteiger partial charge in [0, 0.05) is 12.7 Å². The van der Waals surface area contributed by atoms with E-state index < -0.39 is 0 Å². The van der Waals surface area contributed by atoms with Gasteiger partial charge in [0.25, 0.3) is 5.91 Å². The van der Waals surface area contributed by atoms with Gasteiger partial charge in [0.15, 0.2) is 0 Å². The Morgan fingerprint density at radius 1 is 1.04 bits per heavy atom. The van der Waals surface area contributed by atoms with E-state index in [9.17, 15) is 4.79 Å². The number of amides is 1. The van der Waals surface area contributed by atoms with E-state index in [1.807, 2.05) is 42.5 Å². The number of rotatable bonds is 6. The van der Waals surface area contributed by atoms with Crippen molar-refractivity contribution in [2.24, 2.45) is 0 Å². The van der Waals surface area contributed by atoms with Gasteiger partial charge in [-0.3, -0.25) is 4.79 Å². The normalized spacial score (nSPS) is 10.3. The summed E-state index contributed by atoms with van der Waals surface area (Å²) in [6.45, 7) is 2.51. The van der Waals surface area contributed by atoms with Crippen molar-refractivity contribution >= 4 is 11.7 Å². The molecule has 132 valence electrons. The number of hydrogen-bond acceptors (Lipinski definition) is 4. The maximum Gasteiger partial charge on any atom is 0.255 e. The molecule has 0 saturated carbocycles. The van der Waals surface area contributed by atoms with Crippen LogP contribution in [0.3, 0.4) is 0 Å². The first-order chi connectivity index (χ1) is 12.7. The van der Waals surface area contributed by atoms with Crippen LogP contribution in [0, 0.1) is 0 Å². The van der Waals surface area contributed by atoms with Crippen LogP contribution in [0.2, 0.25) is 0 Å². The molecule has 0 radical (unpaired) electrons. The Hall–Kier alpha value is -3.34. The highest BCUT2D eigenvalue weighted by Gasteiger charge is 2.09. The lowest BCUT2D eigenvalue weighted by Gasteiger charge is -2.09. The van der Waals surface area contributed by atoms with E-state index in [4.69, 9.17) is 10.5 Å². The van der Waals surface area contributed by atoms with Crippen molar-refractivity contribution in [2.75, 3.05) is 5.73 Å². The summed E-state index contributed by atoms with van der Waals surface area (Å²) in [4.78, 5) is 16.1. The third-order valence-corrected chi connectivity index (χ3v) is 4.00. The standard InChI is InChI=1S/C21H21N3O2/c1-2-15-5-3-6-18(13-15)26-17-10-8-16(9-11-17)14-24-21(25)19-7-4-12-23-20(19)22/h3-13H,2,14H2,1H3,(H2,22,23)(H,24,25). The second-order valence-corrected chi connectivity index (χ2v) is 5.87. The number of carbonyl (C=O) groups is 1. The van der Waals surface area contributed by atoms with Gasteiger partial charge < -0.3 is 15.8 Å². The molecule has 3 aromatic rings. The van der Waals surface area contributed by atoms with Gasteiger partial charge in [0.1, 0.15) is 17.3 Å². The molecule has 2 aromatic carbocycles. The largest absolute Gasteiger partial charge is 0.457 e. The lowest BCUT2D eigenvalue weighted by molar-refractivity contribution is 0.0951.